The lowest BCUT2D eigenvalue weighted by Gasteiger charge is -2.26. The fraction of sp³-hybridized carbons (Fsp3) is 0.474. The van der Waals surface area contributed by atoms with Crippen molar-refractivity contribution in [1.29, 1.82) is 0 Å². The molecule has 3 nitrogen and oxygen atoms in total. The number of hydrogen-bond acceptors (Lipinski definition) is 3. The molecule has 5 heteroatoms. The highest BCUT2D eigenvalue weighted by molar-refractivity contribution is 7.13. The Hall–Kier alpha value is -1.39. The fourth-order valence-corrected chi connectivity index (χ4v) is 3.49. The molecule has 0 bridgehead atoms. The lowest BCUT2D eigenvalue weighted by Crippen LogP contribution is -2.38. The predicted molar refractivity (Wildman–Crippen MR) is 103 cm³/mol. The molecule has 0 unspecified atom stereocenters. The van der Waals surface area contributed by atoms with E-state index >= 15 is 0 Å². The number of aromatic nitrogens is 1. The molecule has 0 spiro atoms. The molecule has 0 radical (unpaired) electrons. The van der Waals surface area contributed by atoms with Crippen LogP contribution in [-0.4, -0.2) is 28.9 Å². The van der Waals surface area contributed by atoms with E-state index in [1.165, 1.54) is 0 Å². The van der Waals surface area contributed by atoms with Crippen LogP contribution in [0.25, 0.3) is 10.6 Å². The first-order chi connectivity index (χ1) is 11.3. The number of benzene rings is 1. The van der Waals surface area contributed by atoms with E-state index < -0.39 is 0 Å². The van der Waals surface area contributed by atoms with Gasteiger partial charge in [0.1, 0.15) is 5.01 Å². The molecular formula is C19H25ClN2OS. The van der Waals surface area contributed by atoms with Crippen LogP contribution >= 0.6 is 22.9 Å². The van der Waals surface area contributed by atoms with E-state index in [1.807, 2.05) is 34.5 Å². The molecule has 0 saturated carbocycles. The van der Waals surface area contributed by atoms with Gasteiger partial charge in [0.2, 0.25) is 5.91 Å². The number of rotatable bonds is 7. The third-order valence-corrected chi connectivity index (χ3v) is 4.69. The lowest BCUT2D eigenvalue weighted by molar-refractivity contribution is -0.131. The molecule has 0 fully saturated rings. The molecule has 0 N–H and O–H groups in total. The van der Waals surface area contributed by atoms with Crippen LogP contribution in [0.5, 0.6) is 0 Å². The fourth-order valence-electron chi connectivity index (χ4n) is 2.54. The summed E-state index contributed by atoms with van der Waals surface area (Å²) >= 11 is 7.49. The molecule has 1 aromatic carbocycles. The van der Waals surface area contributed by atoms with Gasteiger partial charge in [0, 0.05) is 29.1 Å². The maximum absolute atomic E-state index is 12.6. The maximum Gasteiger partial charge on any atom is 0.228 e. The van der Waals surface area contributed by atoms with Gasteiger partial charge in [-0.2, -0.15) is 0 Å². The molecule has 0 atom stereocenters. The summed E-state index contributed by atoms with van der Waals surface area (Å²) in [4.78, 5) is 19.2. The maximum atomic E-state index is 12.6. The predicted octanol–water partition coefficient (Wildman–Crippen LogP) is 5.15. The second kappa shape index (κ2) is 8.63. The highest BCUT2D eigenvalue weighted by Gasteiger charge is 2.18. The third kappa shape index (κ3) is 5.60. The number of amides is 1. The van der Waals surface area contributed by atoms with Gasteiger partial charge in [-0.3, -0.25) is 4.79 Å². The molecule has 24 heavy (non-hydrogen) atoms. The normalized spacial score (nSPS) is 11.3. The van der Waals surface area contributed by atoms with Crippen LogP contribution in [0, 0.1) is 11.8 Å². The van der Waals surface area contributed by atoms with E-state index in [2.05, 4.69) is 32.7 Å². The van der Waals surface area contributed by atoms with Crippen LogP contribution in [0.2, 0.25) is 5.02 Å². The summed E-state index contributed by atoms with van der Waals surface area (Å²) < 4.78 is 0. The number of hydrogen-bond donors (Lipinski definition) is 0. The van der Waals surface area contributed by atoms with Gasteiger partial charge in [-0.05, 0) is 24.0 Å². The standard InChI is InChI=1S/C19H25ClN2OS/c1-13(2)10-22(11-14(3)4)18(23)9-17-12-24-19(21-17)15-5-7-16(20)8-6-15/h5-8,12-14H,9-11H2,1-4H3. The number of carbonyl (C=O) groups is 1. The Kier molecular flexibility index (Phi) is 6.81. The zero-order valence-corrected chi connectivity index (χ0v) is 16.3. The average molecular weight is 365 g/mol. The SMILES string of the molecule is CC(C)CN(CC(C)C)C(=O)Cc1csc(-c2ccc(Cl)cc2)n1. The number of thiazole rings is 1. The smallest absolute Gasteiger partial charge is 0.228 e. The monoisotopic (exact) mass is 364 g/mol. The van der Waals surface area contributed by atoms with E-state index in [1.54, 1.807) is 11.3 Å². The Morgan fingerprint density at radius 3 is 2.25 bits per heavy atom. The second-order valence-corrected chi connectivity index (χ2v) is 8.21. The molecule has 0 saturated heterocycles. The summed E-state index contributed by atoms with van der Waals surface area (Å²) in [5.41, 5.74) is 1.87. The first kappa shape index (κ1) is 18.9. The van der Waals surface area contributed by atoms with Gasteiger partial charge in [0.05, 0.1) is 12.1 Å². The van der Waals surface area contributed by atoms with Crippen molar-refractivity contribution in [2.75, 3.05) is 13.1 Å². The van der Waals surface area contributed by atoms with Crippen molar-refractivity contribution in [2.45, 2.75) is 34.1 Å². The zero-order chi connectivity index (χ0) is 17.7. The first-order valence-electron chi connectivity index (χ1n) is 8.33. The van der Waals surface area contributed by atoms with Crippen molar-refractivity contribution in [3.05, 3.63) is 40.4 Å². The van der Waals surface area contributed by atoms with Gasteiger partial charge in [-0.15, -0.1) is 11.3 Å². The molecule has 2 rings (SSSR count). The number of halogens is 1. The van der Waals surface area contributed by atoms with E-state index in [0.717, 1.165) is 29.4 Å². The first-order valence-corrected chi connectivity index (χ1v) is 9.59. The summed E-state index contributed by atoms with van der Waals surface area (Å²) in [5, 5.41) is 3.61. The summed E-state index contributed by atoms with van der Waals surface area (Å²) in [6.07, 6.45) is 0.365. The minimum atomic E-state index is 0.158. The molecule has 0 aliphatic carbocycles. The Balaban J connectivity index is 2.06. The van der Waals surface area contributed by atoms with Crippen molar-refractivity contribution in [3.8, 4) is 10.6 Å². The number of nitrogens with zero attached hydrogens (tertiary/aromatic N) is 2. The highest BCUT2D eigenvalue weighted by atomic mass is 35.5. The molecule has 0 aliphatic heterocycles. The minimum Gasteiger partial charge on any atom is -0.342 e. The Bertz CT molecular complexity index is 654. The van der Waals surface area contributed by atoms with Crippen LogP contribution < -0.4 is 0 Å². The Labute approximate surface area is 153 Å². The topological polar surface area (TPSA) is 33.2 Å². The minimum absolute atomic E-state index is 0.158. The van der Waals surface area contributed by atoms with Crippen molar-refractivity contribution in [2.24, 2.45) is 11.8 Å². The van der Waals surface area contributed by atoms with E-state index in [-0.39, 0.29) is 5.91 Å². The van der Waals surface area contributed by atoms with Crippen molar-refractivity contribution in [1.82, 2.24) is 9.88 Å². The molecule has 1 heterocycles. The van der Waals surface area contributed by atoms with Gasteiger partial charge < -0.3 is 4.90 Å². The Morgan fingerprint density at radius 2 is 1.71 bits per heavy atom. The van der Waals surface area contributed by atoms with Crippen LogP contribution in [-0.2, 0) is 11.2 Å². The summed E-state index contributed by atoms with van der Waals surface area (Å²) in [6, 6.07) is 7.62. The highest BCUT2D eigenvalue weighted by Crippen LogP contribution is 2.25. The van der Waals surface area contributed by atoms with Gasteiger partial charge in [-0.1, -0.05) is 51.4 Å². The van der Waals surface area contributed by atoms with Gasteiger partial charge in [0.15, 0.2) is 0 Å². The summed E-state index contributed by atoms with van der Waals surface area (Å²) in [7, 11) is 0. The van der Waals surface area contributed by atoms with Crippen LogP contribution in [0.15, 0.2) is 29.6 Å². The van der Waals surface area contributed by atoms with Gasteiger partial charge >= 0.3 is 0 Å². The quantitative estimate of drug-likeness (QED) is 0.680. The van der Waals surface area contributed by atoms with E-state index in [4.69, 9.17) is 11.6 Å². The molecule has 1 aromatic heterocycles. The van der Waals surface area contributed by atoms with Crippen LogP contribution in [0.3, 0.4) is 0 Å². The molecule has 130 valence electrons. The number of carbonyl (C=O) groups excluding carboxylic acids is 1. The third-order valence-electron chi connectivity index (χ3n) is 3.50. The van der Waals surface area contributed by atoms with Crippen molar-refractivity contribution in [3.63, 3.8) is 0 Å². The summed E-state index contributed by atoms with van der Waals surface area (Å²) in [5.74, 6) is 1.09. The second-order valence-electron chi connectivity index (χ2n) is 6.91. The lowest BCUT2D eigenvalue weighted by atomic mass is 10.1. The average Bonchev–Trinajstić information content (AvgIpc) is 2.94. The summed E-state index contributed by atoms with van der Waals surface area (Å²) in [6.45, 7) is 10.2. The van der Waals surface area contributed by atoms with E-state index in [9.17, 15) is 4.79 Å². The van der Waals surface area contributed by atoms with Crippen LogP contribution in [0.1, 0.15) is 33.4 Å². The molecular weight excluding hydrogens is 340 g/mol. The molecule has 1 amide bonds. The van der Waals surface area contributed by atoms with Crippen molar-refractivity contribution < 1.29 is 4.79 Å². The van der Waals surface area contributed by atoms with E-state index in [0.29, 0.717) is 23.3 Å². The molecule has 0 aliphatic rings. The van der Waals surface area contributed by atoms with Crippen molar-refractivity contribution >= 4 is 28.8 Å². The van der Waals surface area contributed by atoms with Gasteiger partial charge in [-0.25, -0.2) is 4.98 Å². The Morgan fingerprint density at radius 1 is 1.12 bits per heavy atom. The van der Waals surface area contributed by atoms with Crippen LogP contribution in [0.4, 0.5) is 0 Å². The van der Waals surface area contributed by atoms with Gasteiger partial charge in [0.25, 0.3) is 0 Å². The molecule has 2 aromatic rings. The zero-order valence-electron chi connectivity index (χ0n) is 14.8. The largest absolute Gasteiger partial charge is 0.342 e.